The first-order valence-electron chi connectivity index (χ1n) is 11.8. The van der Waals surface area contributed by atoms with Crippen LogP contribution >= 0.6 is 27.0 Å². The number of halogens is 3. The number of likely N-dealkylation sites (N-methyl/N-ethyl adjacent to an activating group) is 1. The van der Waals surface area contributed by atoms with Crippen molar-refractivity contribution in [2.24, 2.45) is 0 Å². The Hall–Kier alpha value is -2.45. The van der Waals surface area contributed by atoms with Crippen LogP contribution in [-0.4, -0.2) is 57.8 Å². The summed E-state index contributed by atoms with van der Waals surface area (Å²) in [4.78, 5) is 27.2. The number of alkyl halides is 3. The summed E-state index contributed by atoms with van der Waals surface area (Å²) in [6.45, 7) is 9.49. The molecule has 2 aliphatic rings. The molecular formula is C26H43F3N6O3S2. The van der Waals surface area contributed by atoms with Gasteiger partial charge >= 0.3 is 6.18 Å². The van der Waals surface area contributed by atoms with Gasteiger partial charge in [0.05, 0.1) is 23.6 Å². The van der Waals surface area contributed by atoms with Gasteiger partial charge in [-0.3, -0.25) is 4.79 Å². The Balaban J connectivity index is 0.00000380. The van der Waals surface area contributed by atoms with Crippen LogP contribution in [0.15, 0.2) is 18.3 Å². The highest BCUT2D eigenvalue weighted by atomic mass is 32.1. The third-order valence-corrected chi connectivity index (χ3v) is 6.08. The molecule has 2 N–H and O–H groups in total. The van der Waals surface area contributed by atoms with Crippen molar-refractivity contribution < 1.29 is 27.4 Å². The molecule has 3 heterocycles. The average Bonchev–Trinajstić information content (AvgIpc) is 2.71. The predicted molar refractivity (Wildman–Crippen MR) is 162 cm³/mol. The maximum atomic E-state index is 12.8. The van der Waals surface area contributed by atoms with Crippen molar-refractivity contribution in [1.29, 1.82) is 0 Å². The fourth-order valence-electron chi connectivity index (χ4n) is 4.45. The topological polar surface area (TPSA) is 102 Å². The minimum atomic E-state index is -4.48. The van der Waals surface area contributed by atoms with Gasteiger partial charge < -0.3 is 25.0 Å². The Kier molecular flexibility index (Phi) is 13.1. The summed E-state index contributed by atoms with van der Waals surface area (Å²) in [5.41, 5.74) is -0.162. The SMILES string of the molecule is C.C.Cc1nc(NC2CC(Oc3ccc(C(F)(F)F)nc3)C2)nc2c1NC(=O)[C@H]([C@H](C)OC(C)(C)C)N2C.S.S. The second-order valence-corrected chi connectivity index (χ2v) is 10.2. The molecule has 1 aliphatic carbocycles. The number of hydrogen-bond donors (Lipinski definition) is 2. The van der Waals surface area contributed by atoms with Crippen molar-refractivity contribution in [3.63, 3.8) is 0 Å². The van der Waals surface area contributed by atoms with E-state index in [2.05, 4.69) is 25.6 Å². The number of aryl methyl sites for hydroxylation is 1. The van der Waals surface area contributed by atoms with Gasteiger partial charge in [0.25, 0.3) is 0 Å². The Morgan fingerprint density at radius 3 is 2.27 bits per heavy atom. The number of anilines is 3. The molecule has 0 radical (unpaired) electrons. The zero-order chi connectivity index (χ0) is 26.4. The number of amides is 1. The third kappa shape index (κ3) is 8.53. The number of hydrogen-bond acceptors (Lipinski definition) is 8. The molecule has 1 fully saturated rings. The highest BCUT2D eigenvalue weighted by molar-refractivity contribution is 7.59. The van der Waals surface area contributed by atoms with Gasteiger partial charge in [-0.25, -0.2) is 9.97 Å². The van der Waals surface area contributed by atoms with Gasteiger partial charge in [-0.15, -0.1) is 0 Å². The van der Waals surface area contributed by atoms with E-state index in [1.807, 2.05) is 39.6 Å². The lowest BCUT2D eigenvalue weighted by Gasteiger charge is -2.40. The molecule has 1 aliphatic heterocycles. The van der Waals surface area contributed by atoms with Gasteiger partial charge in [0, 0.05) is 25.9 Å². The molecule has 40 heavy (non-hydrogen) atoms. The molecule has 1 saturated carbocycles. The van der Waals surface area contributed by atoms with E-state index >= 15 is 0 Å². The molecule has 2 aromatic heterocycles. The van der Waals surface area contributed by atoms with Crippen LogP contribution < -0.4 is 20.3 Å². The molecule has 1 amide bonds. The Morgan fingerprint density at radius 1 is 1.12 bits per heavy atom. The van der Waals surface area contributed by atoms with Crippen LogP contribution in [0.25, 0.3) is 0 Å². The van der Waals surface area contributed by atoms with Crippen LogP contribution in [-0.2, 0) is 15.7 Å². The largest absolute Gasteiger partial charge is 0.489 e. The molecule has 0 bridgehead atoms. The van der Waals surface area contributed by atoms with E-state index in [0.717, 1.165) is 12.3 Å². The monoisotopic (exact) mass is 608 g/mol. The van der Waals surface area contributed by atoms with Crippen LogP contribution in [0.3, 0.4) is 0 Å². The molecule has 228 valence electrons. The van der Waals surface area contributed by atoms with Gasteiger partial charge in [-0.2, -0.15) is 45.1 Å². The standard InChI is InChI=1S/C24H31F3N6O3.2CH4.2H2S/c1-12-18-20(33(6)19(21(34)31-18)13(2)36-23(3,4)5)32-22(29-12)30-14-9-16(10-14)35-15-7-8-17(28-11-15)24(25,26)27;;;;/h7-8,11,13-14,16,19H,9-10H2,1-6H3,(H,31,34)(H,29,30,32);2*1H4;2*1H2/t13-,14?,16?,19-;;;;/m0..../s1. The minimum absolute atomic E-state index is 0. The number of ether oxygens (including phenoxy) is 2. The zero-order valence-electron chi connectivity index (χ0n) is 22.1. The van der Waals surface area contributed by atoms with E-state index in [9.17, 15) is 18.0 Å². The fraction of sp³-hybridized carbons (Fsp3) is 0.615. The molecule has 0 spiro atoms. The van der Waals surface area contributed by atoms with Crippen molar-refractivity contribution >= 4 is 50.4 Å². The quantitative estimate of drug-likeness (QED) is 0.432. The van der Waals surface area contributed by atoms with E-state index in [4.69, 9.17) is 9.47 Å². The normalized spacial score (nSPS) is 20.6. The molecule has 0 aromatic carbocycles. The lowest BCUT2D eigenvalue weighted by atomic mass is 9.89. The lowest BCUT2D eigenvalue weighted by molar-refractivity contribution is -0.141. The Morgan fingerprint density at radius 2 is 1.75 bits per heavy atom. The first kappa shape index (κ1) is 37.6. The third-order valence-electron chi connectivity index (χ3n) is 6.08. The second kappa shape index (κ2) is 13.9. The number of carbonyl (C=O) groups excluding carboxylic acids is 1. The molecule has 2 aromatic rings. The highest BCUT2D eigenvalue weighted by Crippen LogP contribution is 2.36. The zero-order valence-corrected chi connectivity index (χ0v) is 24.1. The van der Waals surface area contributed by atoms with Crippen molar-refractivity contribution in [3.05, 3.63) is 29.7 Å². The van der Waals surface area contributed by atoms with Crippen LogP contribution in [0.1, 0.15) is 66.8 Å². The minimum Gasteiger partial charge on any atom is -0.489 e. The molecule has 0 saturated heterocycles. The summed E-state index contributed by atoms with van der Waals surface area (Å²) in [5, 5.41) is 6.21. The number of nitrogens with zero attached hydrogens (tertiary/aromatic N) is 4. The Labute approximate surface area is 248 Å². The molecular weight excluding hydrogens is 565 g/mol. The summed E-state index contributed by atoms with van der Waals surface area (Å²) >= 11 is 0. The Bertz CT molecular complexity index is 1130. The van der Waals surface area contributed by atoms with Crippen LogP contribution in [0.4, 0.5) is 30.6 Å². The second-order valence-electron chi connectivity index (χ2n) is 10.2. The number of nitrogens with one attached hydrogen (secondary N) is 2. The number of carbonyl (C=O) groups is 1. The first-order chi connectivity index (χ1) is 16.7. The van der Waals surface area contributed by atoms with Crippen LogP contribution in [0.2, 0.25) is 0 Å². The number of fused-ring (bicyclic) bond motifs is 1. The molecule has 4 rings (SSSR count). The average molecular weight is 609 g/mol. The number of pyridine rings is 1. The maximum Gasteiger partial charge on any atom is 0.433 e. The van der Waals surface area contributed by atoms with E-state index in [-0.39, 0.29) is 66.0 Å². The van der Waals surface area contributed by atoms with Gasteiger partial charge in [0.15, 0.2) is 5.82 Å². The number of aromatic nitrogens is 3. The lowest BCUT2D eigenvalue weighted by Crippen LogP contribution is -2.54. The van der Waals surface area contributed by atoms with E-state index in [1.54, 1.807) is 6.92 Å². The van der Waals surface area contributed by atoms with Crippen molar-refractivity contribution in [1.82, 2.24) is 15.0 Å². The predicted octanol–water partition coefficient (Wildman–Crippen LogP) is 5.68. The fourth-order valence-corrected chi connectivity index (χ4v) is 4.45. The highest BCUT2D eigenvalue weighted by Gasteiger charge is 2.39. The van der Waals surface area contributed by atoms with Gasteiger partial charge in [0.1, 0.15) is 29.3 Å². The molecule has 14 heteroatoms. The van der Waals surface area contributed by atoms with Crippen molar-refractivity contribution in [2.45, 2.75) is 98.4 Å². The van der Waals surface area contributed by atoms with Crippen molar-refractivity contribution in [3.8, 4) is 5.75 Å². The number of rotatable bonds is 6. The summed E-state index contributed by atoms with van der Waals surface area (Å²) in [6.07, 6.45) is -2.66. The van der Waals surface area contributed by atoms with E-state index < -0.39 is 23.5 Å². The summed E-state index contributed by atoms with van der Waals surface area (Å²) < 4.78 is 49.8. The van der Waals surface area contributed by atoms with Gasteiger partial charge in [-0.05, 0) is 46.8 Å². The van der Waals surface area contributed by atoms with Crippen molar-refractivity contribution in [2.75, 3.05) is 22.6 Å². The molecule has 2 atom stereocenters. The molecule has 0 unspecified atom stereocenters. The smallest absolute Gasteiger partial charge is 0.433 e. The van der Waals surface area contributed by atoms with Gasteiger partial charge in [-0.1, -0.05) is 14.9 Å². The van der Waals surface area contributed by atoms with E-state index in [1.165, 1.54) is 6.07 Å². The van der Waals surface area contributed by atoms with Crippen LogP contribution in [0, 0.1) is 6.92 Å². The first-order valence-corrected chi connectivity index (χ1v) is 11.8. The summed E-state index contributed by atoms with van der Waals surface area (Å²) in [7, 11) is 1.81. The summed E-state index contributed by atoms with van der Waals surface area (Å²) in [6, 6.07) is 1.66. The van der Waals surface area contributed by atoms with Gasteiger partial charge in [0.2, 0.25) is 11.9 Å². The van der Waals surface area contributed by atoms with E-state index in [0.29, 0.717) is 41.7 Å². The molecule has 9 nitrogen and oxygen atoms in total. The summed E-state index contributed by atoms with van der Waals surface area (Å²) in [5.74, 6) is 1.15. The maximum absolute atomic E-state index is 12.8. The van der Waals surface area contributed by atoms with Crippen LogP contribution in [0.5, 0.6) is 5.75 Å².